The molecule has 2 saturated heterocycles. The van der Waals surface area contributed by atoms with Gasteiger partial charge >= 0.3 is 0 Å². The van der Waals surface area contributed by atoms with Gasteiger partial charge in [0, 0.05) is 24.5 Å². The molecule has 1 amide bonds. The third-order valence-corrected chi connectivity index (χ3v) is 7.64. The molecule has 9 heteroatoms. The van der Waals surface area contributed by atoms with E-state index in [2.05, 4.69) is 10.3 Å². The number of epoxide rings is 1. The summed E-state index contributed by atoms with van der Waals surface area (Å²) in [5.41, 5.74) is 0.370. The minimum atomic E-state index is -1.23. The van der Waals surface area contributed by atoms with Gasteiger partial charge in [-0.1, -0.05) is 45.4 Å². The Bertz CT molecular complexity index is 939. The van der Waals surface area contributed by atoms with Crippen LogP contribution in [0.25, 0.3) is 6.08 Å². The van der Waals surface area contributed by atoms with Crippen LogP contribution in [0.5, 0.6) is 0 Å². The number of carbonyl (C=O) groups is 2. The average molecular weight is 509 g/mol. The van der Waals surface area contributed by atoms with Gasteiger partial charge in [-0.2, -0.15) is 0 Å². The summed E-state index contributed by atoms with van der Waals surface area (Å²) in [6.45, 7) is 8.84. The minimum absolute atomic E-state index is 0.118. The SMILES string of the molecule is CC(=Cc1ccccn1)[C@@H]1C[C@@H]2O[C@]2(Cl)COC[C@H](C)[C@H](O)[C@@H](C)C(=O)C(C)(C)[C@@H](O)CC(=O)N1. The second-order valence-corrected chi connectivity index (χ2v) is 11.1. The molecule has 8 nitrogen and oxygen atoms in total. The molecule has 0 radical (unpaired) electrons. The number of halogens is 1. The van der Waals surface area contributed by atoms with E-state index in [1.165, 1.54) is 0 Å². The zero-order chi connectivity index (χ0) is 26.0. The van der Waals surface area contributed by atoms with E-state index in [9.17, 15) is 19.8 Å². The number of aliphatic hydroxyl groups excluding tert-OH is 2. The van der Waals surface area contributed by atoms with Gasteiger partial charge < -0.3 is 25.0 Å². The third kappa shape index (κ3) is 6.68. The Morgan fingerprint density at radius 2 is 1.97 bits per heavy atom. The number of nitrogens with one attached hydrogen (secondary N) is 1. The molecule has 3 N–H and O–H groups in total. The first-order valence-corrected chi connectivity index (χ1v) is 12.5. The molecule has 35 heavy (non-hydrogen) atoms. The van der Waals surface area contributed by atoms with E-state index < -0.39 is 40.6 Å². The van der Waals surface area contributed by atoms with Crippen molar-refractivity contribution < 1.29 is 29.3 Å². The molecule has 2 fully saturated rings. The van der Waals surface area contributed by atoms with Crippen molar-refractivity contribution in [3.8, 4) is 0 Å². The summed E-state index contributed by atoms with van der Waals surface area (Å²) in [6.07, 6.45) is 1.17. The molecule has 0 bridgehead atoms. The van der Waals surface area contributed by atoms with Crippen LogP contribution in [-0.4, -0.2) is 69.5 Å². The highest BCUT2D eigenvalue weighted by Crippen LogP contribution is 2.44. The molecule has 0 unspecified atom stereocenters. The van der Waals surface area contributed by atoms with Gasteiger partial charge in [-0.25, -0.2) is 0 Å². The van der Waals surface area contributed by atoms with Gasteiger partial charge in [0.1, 0.15) is 11.9 Å². The highest BCUT2D eigenvalue weighted by molar-refractivity contribution is 6.25. The Labute approximate surface area is 212 Å². The molecule has 1 aromatic rings. The van der Waals surface area contributed by atoms with Crippen LogP contribution >= 0.6 is 11.6 Å². The first-order chi connectivity index (χ1) is 16.3. The maximum absolute atomic E-state index is 13.2. The molecule has 3 rings (SSSR count). The summed E-state index contributed by atoms with van der Waals surface area (Å²) in [6, 6.07) is 5.14. The van der Waals surface area contributed by atoms with Crippen molar-refractivity contribution >= 4 is 29.4 Å². The molecular weight excluding hydrogens is 472 g/mol. The van der Waals surface area contributed by atoms with E-state index in [0.717, 1.165) is 11.3 Å². The number of aliphatic hydroxyl groups is 2. The topological polar surface area (TPSA) is 121 Å². The van der Waals surface area contributed by atoms with Gasteiger partial charge in [-0.15, -0.1) is 0 Å². The first kappa shape index (κ1) is 27.7. The number of hydrogen-bond donors (Lipinski definition) is 3. The number of fused-ring (bicyclic) bond motifs is 1. The third-order valence-electron chi connectivity index (χ3n) is 7.20. The van der Waals surface area contributed by atoms with Gasteiger partial charge in [0.05, 0.1) is 49.0 Å². The molecule has 0 spiro atoms. The number of nitrogens with zero attached hydrogens (tertiary/aromatic N) is 1. The van der Waals surface area contributed by atoms with Crippen LogP contribution in [0, 0.1) is 17.3 Å². The van der Waals surface area contributed by atoms with Gasteiger partial charge in [-0.3, -0.25) is 14.6 Å². The molecule has 194 valence electrons. The molecular formula is C26H37ClN2O6. The Morgan fingerprint density at radius 1 is 1.26 bits per heavy atom. The first-order valence-electron chi connectivity index (χ1n) is 12.1. The molecule has 2 aliphatic rings. The van der Waals surface area contributed by atoms with E-state index in [4.69, 9.17) is 21.1 Å². The zero-order valence-corrected chi connectivity index (χ0v) is 21.8. The van der Waals surface area contributed by atoms with Crippen molar-refractivity contribution in [3.63, 3.8) is 0 Å². The normalized spacial score (nSPS) is 37.3. The van der Waals surface area contributed by atoms with E-state index >= 15 is 0 Å². The second kappa shape index (κ2) is 11.0. The number of Topliss-reactive ketones (excluding diaryl/α,β-unsaturated/α-hetero) is 1. The number of amides is 1. The number of pyridine rings is 1. The summed E-state index contributed by atoms with van der Waals surface area (Å²) in [4.78, 5) is 30.5. The van der Waals surface area contributed by atoms with Crippen LogP contribution in [0.2, 0.25) is 0 Å². The van der Waals surface area contributed by atoms with Gasteiger partial charge in [0.25, 0.3) is 0 Å². The molecule has 0 aromatic carbocycles. The van der Waals surface area contributed by atoms with Crippen LogP contribution in [0.4, 0.5) is 0 Å². The summed E-state index contributed by atoms with van der Waals surface area (Å²) in [5.74, 6) is -1.80. The highest BCUT2D eigenvalue weighted by Gasteiger charge is 2.56. The lowest BCUT2D eigenvalue weighted by molar-refractivity contribution is -0.143. The number of aromatic nitrogens is 1. The van der Waals surface area contributed by atoms with E-state index in [0.29, 0.717) is 6.42 Å². The second-order valence-electron chi connectivity index (χ2n) is 10.5. The fourth-order valence-electron chi connectivity index (χ4n) is 4.49. The van der Waals surface area contributed by atoms with Gasteiger partial charge in [0.15, 0.2) is 5.06 Å². The predicted octanol–water partition coefficient (Wildman–Crippen LogP) is 2.70. The fourth-order valence-corrected chi connectivity index (χ4v) is 4.76. The van der Waals surface area contributed by atoms with Crippen LogP contribution in [0.3, 0.4) is 0 Å². The Hall–Kier alpha value is -1.84. The van der Waals surface area contributed by atoms with Gasteiger partial charge in [0.2, 0.25) is 5.91 Å². The van der Waals surface area contributed by atoms with Crippen molar-refractivity contribution in [2.75, 3.05) is 13.2 Å². The van der Waals surface area contributed by atoms with E-state index in [-0.39, 0.29) is 37.4 Å². The summed E-state index contributed by atoms with van der Waals surface area (Å²) >= 11 is 6.59. The molecule has 0 aliphatic carbocycles. The van der Waals surface area contributed by atoms with Crippen molar-refractivity contribution in [2.45, 2.75) is 76.9 Å². The number of alkyl halides is 1. The maximum atomic E-state index is 13.2. The Kier molecular flexibility index (Phi) is 8.76. The number of ketones is 1. The van der Waals surface area contributed by atoms with Crippen molar-refractivity contribution in [2.24, 2.45) is 17.3 Å². The molecule has 3 heterocycles. The zero-order valence-electron chi connectivity index (χ0n) is 21.0. The summed E-state index contributed by atoms with van der Waals surface area (Å²) < 4.78 is 11.5. The predicted molar refractivity (Wildman–Crippen MR) is 132 cm³/mol. The summed E-state index contributed by atoms with van der Waals surface area (Å²) in [5, 5.41) is 23.5. The lowest BCUT2D eigenvalue weighted by Gasteiger charge is -2.34. The van der Waals surface area contributed by atoms with Crippen molar-refractivity contribution in [1.29, 1.82) is 0 Å². The number of rotatable bonds is 2. The van der Waals surface area contributed by atoms with Crippen molar-refractivity contribution in [3.05, 3.63) is 35.7 Å². The highest BCUT2D eigenvalue weighted by atomic mass is 35.5. The smallest absolute Gasteiger partial charge is 0.223 e. The molecule has 2 aliphatic heterocycles. The van der Waals surface area contributed by atoms with Crippen LogP contribution in [0.15, 0.2) is 30.0 Å². The Morgan fingerprint density at radius 3 is 2.63 bits per heavy atom. The van der Waals surface area contributed by atoms with Crippen LogP contribution < -0.4 is 5.32 Å². The van der Waals surface area contributed by atoms with Crippen molar-refractivity contribution in [1.82, 2.24) is 10.3 Å². The number of hydrogen-bond acceptors (Lipinski definition) is 7. The monoisotopic (exact) mass is 508 g/mol. The summed E-state index contributed by atoms with van der Waals surface area (Å²) in [7, 11) is 0. The molecule has 7 atom stereocenters. The van der Waals surface area contributed by atoms with E-state index in [1.807, 2.05) is 31.2 Å². The maximum Gasteiger partial charge on any atom is 0.223 e. The minimum Gasteiger partial charge on any atom is -0.392 e. The van der Waals surface area contributed by atoms with Crippen LogP contribution in [0.1, 0.15) is 53.2 Å². The Balaban J connectivity index is 1.86. The average Bonchev–Trinajstić information content (AvgIpc) is 3.45. The quantitative estimate of drug-likeness (QED) is 0.414. The van der Waals surface area contributed by atoms with E-state index in [1.54, 1.807) is 33.9 Å². The lowest BCUT2D eigenvalue weighted by Crippen LogP contribution is -2.48. The molecule has 0 saturated carbocycles. The van der Waals surface area contributed by atoms with Gasteiger partial charge in [-0.05, 0) is 30.7 Å². The largest absolute Gasteiger partial charge is 0.392 e. The number of ether oxygens (including phenoxy) is 2. The standard InChI is InChI=1S/C26H37ClN2O6/c1-15(10-18-8-6-7-9-28-18)19-11-21-26(27,35-21)14-34-13-16(2)23(32)17(3)24(33)25(4,5)20(30)12-22(31)29-19/h6-10,16-17,19-21,23,30,32H,11-14H2,1-5H3,(H,29,31)/t16-,17+,19-,20-,21-,23-,26+/m0/s1. The lowest BCUT2D eigenvalue weighted by atomic mass is 9.73. The molecule has 1 aromatic heterocycles. The number of carbonyl (C=O) groups excluding carboxylic acids is 2. The fraction of sp³-hybridized carbons (Fsp3) is 0.654. The van der Waals surface area contributed by atoms with Crippen LogP contribution in [-0.2, 0) is 19.1 Å².